The number of hydrogen-bond donors (Lipinski definition) is 0. The molecule has 12 nitrogen and oxygen atoms in total. The minimum atomic E-state index is 0.241. The van der Waals surface area contributed by atoms with Crippen LogP contribution in [0.15, 0.2) is 0 Å². The topological polar surface area (TPSA) is 104 Å². The Bertz CT molecular complexity index is 1000. The Morgan fingerprint density at radius 1 is 0.263 bits per heavy atom. The molecule has 0 saturated heterocycles. The Hall–Kier alpha value is -1.83. The largest absolute Gasteiger partial charge is 0.358 e. The Morgan fingerprint density at radius 2 is 0.421 bits per heavy atom. The van der Waals surface area contributed by atoms with E-state index in [1.165, 1.54) is 116 Å². The number of nitrogens with zero attached hydrogens (tertiary/aromatic N) is 6. The molecule has 1 aromatic rings. The van der Waals surface area contributed by atoms with E-state index in [1.54, 1.807) is 0 Å². The normalized spacial score (nSPS) is 23.2. The highest BCUT2D eigenvalue weighted by atomic mass is 16.5. The van der Waals surface area contributed by atoms with Crippen molar-refractivity contribution in [1.82, 2.24) is 15.0 Å². The molecule has 12 heteroatoms. The van der Waals surface area contributed by atoms with Gasteiger partial charge < -0.3 is 28.4 Å². The van der Waals surface area contributed by atoms with E-state index in [-0.39, 0.29) is 36.6 Å². The average Bonchev–Trinajstić information content (AvgIpc) is 3.28. The monoisotopic (exact) mass is 799 g/mol. The first-order valence-corrected chi connectivity index (χ1v) is 24.0. The molecule has 324 valence electrons. The summed E-state index contributed by atoms with van der Waals surface area (Å²) in [5.74, 6) is 1.67. The second kappa shape index (κ2) is 24.4. The third-order valence-electron chi connectivity index (χ3n) is 13.6. The van der Waals surface area contributed by atoms with Crippen molar-refractivity contribution >= 4 is 17.8 Å². The highest BCUT2D eigenvalue weighted by molar-refractivity contribution is 5.46. The minimum absolute atomic E-state index is 0.241. The molecule has 0 atom stereocenters. The fourth-order valence-corrected chi connectivity index (χ4v) is 9.79. The summed E-state index contributed by atoms with van der Waals surface area (Å²) >= 11 is 0. The zero-order valence-corrected chi connectivity index (χ0v) is 35.6. The van der Waals surface area contributed by atoms with E-state index in [0.29, 0.717) is 58.2 Å². The van der Waals surface area contributed by atoms with Crippen LogP contribution < -0.4 is 14.7 Å². The van der Waals surface area contributed by atoms with Gasteiger partial charge in [-0.15, -0.1) is 0 Å². The molecule has 6 aliphatic rings. The van der Waals surface area contributed by atoms with Gasteiger partial charge in [0.15, 0.2) is 0 Å². The first kappa shape index (κ1) is 43.3. The molecule has 57 heavy (non-hydrogen) atoms. The molecular weight excluding hydrogens is 721 g/mol. The maximum atomic E-state index is 6.67. The van der Waals surface area contributed by atoms with Gasteiger partial charge in [0.25, 0.3) is 0 Å². The van der Waals surface area contributed by atoms with Gasteiger partial charge in [-0.25, -0.2) is 0 Å². The quantitative estimate of drug-likeness (QED) is 0.111. The van der Waals surface area contributed by atoms with Crippen LogP contribution in [0.3, 0.4) is 0 Å². The smallest absolute Gasteiger partial charge is 0.235 e. The molecule has 1 aromatic heterocycles. The maximum absolute atomic E-state index is 6.67. The summed E-state index contributed by atoms with van der Waals surface area (Å²) in [7, 11) is 0. The fraction of sp³-hybridized carbons (Fsp3) is 0.933. The summed E-state index contributed by atoms with van der Waals surface area (Å²) in [4.78, 5) is 22.1. The lowest BCUT2D eigenvalue weighted by molar-refractivity contribution is -0.00968. The Morgan fingerprint density at radius 3 is 0.579 bits per heavy atom. The van der Waals surface area contributed by atoms with Crippen molar-refractivity contribution in [3.8, 4) is 0 Å². The van der Waals surface area contributed by atoms with Crippen molar-refractivity contribution in [3.05, 3.63) is 0 Å². The fourth-order valence-electron chi connectivity index (χ4n) is 9.79. The van der Waals surface area contributed by atoms with Crippen molar-refractivity contribution in [2.24, 2.45) is 0 Å². The van der Waals surface area contributed by atoms with Gasteiger partial charge in [0.1, 0.15) is 40.4 Å². The number of hydrogen-bond acceptors (Lipinski definition) is 12. The van der Waals surface area contributed by atoms with E-state index >= 15 is 0 Å². The van der Waals surface area contributed by atoms with Gasteiger partial charge in [-0.2, -0.15) is 15.0 Å². The predicted octanol–water partition coefficient (Wildman–Crippen LogP) is 10.1. The lowest BCUT2D eigenvalue weighted by Crippen LogP contribution is -2.40. The van der Waals surface area contributed by atoms with Crippen molar-refractivity contribution in [1.29, 1.82) is 0 Å². The molecule has 0 spiro atoms. The van der Waals surface area contributed by atoms with Gasteiger partial charge in [0, 0.05) is 0 Å². The summed E-state index contributed by atoms with van der Waals surface area (Å²) in [6.45, 7) is 2.22. The van der Waals surface area contributed by atoms with Crippen LogP contribution in [-0.2, 0) is 28.4 Å². The van der Waals surface area contributed by atoms with Crippen molar-refractivity contribution in [2.45, 2.75) is 229 Å². The van der Waals surface area contributed by atoms with Gasteiger partial charge >= 0.3 is 0 Å². The van der Waals surface area contributed by atoms with E-state index in [1.807, 2.05) is 0 Å². The van der Waals surface area contributed by atoms with E-state index in [9.17, 15) is 0 Å². The van der Waals surface area contributed by atoms with Crippen molar-refractivity contribution in [2.75, 3.05) is 55.1 Å². The van der Waals surface area contributed by atoms with Gasteiger partial charge in [-0.1, -0.05) is 116 Å². The molecular formula is C45H78N6O6. The van der Waals surface area contributed by atoms with Crippen LogP contribution in [0.1, 0.15) is 193 Å². The second-order valence-corrected chi connectivity index (χ2v) is 18.2. The minimum Gasteiger partial charge on any atom is -0.358 e. The highest BCUT2D eigenvalue weighted by Crippen LogP contribution is 2.29. The zero-order chi connectivity index (χ0) is 38.7. The molecule has 0 bridgehead atoms. The molecule has 0 unspecified atom stereocenters. The van der Waals surface area contributed by atoms with Crippen LogP contribution in [0.25, 0.3) is 0 Å². The first-order valence-electron chi connectivity index (χ1n) is 24.0. The van der Waals surface area contributed by atoms with Crippen LogP contribution in [-0.4, -0.2) is 92.0 Å². The van der Waals surface area contributed by atoms with Crippen molar-refractivity contribution < 1.29 is 28.4 Å². The van der Waals surface area contributed by atoms with Crippen LogP contribution in [0.2, 0.25) is 0 Å². The molecule has 1 heterocycles. The molecule has 7 rings (SSSR count). The van der Waals surface area contributed by atoms with Gasteiger partial charge in [0.2, 0.25) is 17.8 Å². The number of ether oxygens (including phenoxy) is 6. The Kier molecular flexibility index (Phi) is 18.5. The van der Waals surface area contributed by atoms with Gasteiger partial charge in [-0.3, -0.25) is 14.7 Å². The summed E-state index contributed by atoms with van der Waals surface area (Å²) in [6, 6.07) is 0. The molecule has 0 N–H and O–H groups in total. The molecule has 0 aliphatic heterocycles. The van der Waals surface area contributed by atoms with Crippen LogP contribution in [0.4, 0.5) is 17.8 Å². The number of aromatic nitrogens is 3. The van der Waals surface area contributed by atoms with E-state index in [0.717, 1.165) is 77.0 Å². The third kappa shape index (κ3) is 14.7. The lowest BCUT2D eigenvalue weighted by atomic mass is 9.98. The number of anilines is 3. The van der Waals surface area contributed by atoms with E-state index in [4.69, 9.17) is 43.4 Å². The zero-order valence-electron chi connectivity index (χ0n) is 35.6. The second-order valence-electron chi connectivity index (χ2n) is 18.2. The standard InChI is InChI=1S/C45H78N6O6/c1-7-19-37(20-8-1)52-31-49(32-53-38-21-9-2-10-22-38)43-46-44(50(33-54-39-23-11-3-12-24-39)34-55-40-25-13-4-14-26-40)48-45(47-43)51(35-56-41-27-15-5-16-28-41)36-57-42-29-17-6-18-30-42/h37-42H,1-36H2. The molecule has 0 aromatic carbocycles. The van der Waals surface area contributed by atoms with E-state index in [2.05, 4.69) is 14.7 Å². The van der Waals surface area contributed by atoms with Crippen LogP contribution >= 0.6 is 0 Å². The number of rotatable bonds is 21. The molecule has 0 radical (unpaired) electrons. The summed E-state index contributed by atoms with van der Waals surface area (Å²) < 4.78 is 40.0. The molecule has 6 aliphatic carbocycles. The maximum Gasteiger partial charge on any atom is 0.235 e. The summed E-state index contributed by atoms with van der Waals surface area (Å²) in [6.07, 6.45) is 37.0. The Balaban J connectivity index is 1.19. The SMILES string of the molecule is C1CCC(OCN(COC2CCCCC2)c2nc(N(COC3CCCCC3)COC3CCCCC3)nc(N(COC3CCCCC3)COC3CCCCC3)n2)CC1. The molecule has 6 fully saturated rings. The molecule has 0 amide bonds. The summed E-state index contributed by atoms with van der Waals surface area (Å²) in [5, 5.41) is 0. The predicted molar refractivity (Wildman–Crippen MR) is 224 cm³/mol. The van der Waals surface area contributed by atoms with Crippen molar-refractivity contribution in [3.63, 3.8) is 0 Å². The third-order valence-corrected chi connectivity index (χ3v) is 13.6. The first-order chi connectivity index (χ1) is 28.2. The van der Waals surface area contributed by atoms with Gasteiger partial charge in [-0.05, 0) is 77.0 Å². The van der Waals surface area contributed by atoms with Crippen LogP contribution in [0, 0.1) is 0 Å². The highest BCUT2D eigenvalue weighted by Gasteiger charge is 2.28. The average molecular weight is 799 g/mol. The Labute approximate surface area is 344 Å². The van der Waals surface area contributed by atoms with Crippen LogP contribution in [0.5, 0.6) is 0 Å². The lowest BCUT2D eigenvalue weighted by Gasteiger charge is -2.33. The van der Waals surface area contributed by atoms with Gasteiger partial charge in [0.05, 0.1) is 36.6 Å². The molecule has 6 saturated carbocycles. The van der Waals surface area contributed by atoms with E-state index < -0.39 is 0 Å². The summed E-state index contributed by atoms with van der Waals surface area (Å²) in [5.41, 5.74) is 0.